The highest BCUT2D eigenvalue weighted by molar-refractivity contribution is 5.97. The molecule has 6 nitrogen and oxygen atoms in total. The first-order valence-corrected chi connectivity index (χ1v) is 6.78. The maximum atomic E-state index is 5.94. The van der Waals surface area contributed by atoms with Crippen LogP contribution in [0.5, 0.6) is 5.75 Å². The summed E-state index contributed by atoms with van der Waals surface area (Å²) >= 11 is 0. The van der Waals surface area contributed by atoms with Gasteiger partial charge in [-0.2, -0.15) is 5.10 Å². The number of ether oxygens (including phenoxy) is 1. The maximum Gasteiger partial charge on any atom is 0.161 e. The van der Waals surface area contributed by atoms with Crippen molar-refractivity contribution in [2.75, 3.05) is 5.73 Å². The Morgan fingerprint density at radius 2 is 2.05 bits per heavy atom. The Kier molecular flexibility index (Phi) is 3.21. The molecule has 0 aliphatic rings. The Balaban J connectivity index is 2.09. The third-order valence-corrected chi connectivity index (χ3v) is 3.20. The molecule has 0 bridgehead atoms. The van der Waals surface area contributed by atoms with Crippen LogP contribution in [-0.4, -0.2) is 26.3 Å². The molecule has 0 unspecified atom stereocenters. The SMILES string of the molecule is Cc1cc(-c2n[nH]c3ncnc(N)c23)ccc1OC(C)C. The van der Waals surface area contributed by atoms with Gasteiger partial charge >= 0.3 is 0 Å². The van der Waals surface area contributed by atoms with Crippen molar-refractivity contribution >= 4 is 16.9 Å². The van der Waals surface area contributed by atoms with Gasteiger partial charge in [0.1, 0.15) is 23.6 Å². The monoisotopic (exact) mass is 283 g/mol. The van der Waals surface area contributed by atoms with Crippen LogP contribution in [0.3, 0.4) is 0 Å². The molecule has 3 aromatic rings. The summed E-state index contributed by atoms with van der Waals surface area (Å²) in [6.07, 6.45) is 1.56. The predicted octanol–water partition coefficient (Wildman–Crippen LogP) is 2.70. The van der Waals surface area contributed by atoms with E-state index in [1.165, 1.54) is 6.33 Å². The van der Waals surface area contributed by atoms with Gasteiger partial charge in [0, 0.05) is 5.56 Å². The second kappa shape index (κ2) is 5.05. The van der Waals surface area contributed by atoms with Crippen molar-refractivity contribution in [3.63, 3.8) is 0 Å². The normalized spacial score (nSPS) is 11.2. The zero-order valence-electron chi connectivity index (χ0n) is 12.2. The van der Waals surface area contributed by atoms with Gasteiger partial charge < -0.3 is 10.5 Å². The number of benzene rings is 1. The minimum absolute atomic E-state index is 0.143. The zero-order valence-corrected chi connectivity index (χ0v) is 12.2. The molecule has 0 radical (unpaired) electrons. The number of rotatable bonds is 3. The van der Waals surface area contributed by atoms with E-state index in [0.717, 1.165) is 28.0 Å². The number of hydrogen-bond acceptors (Lipinski definition) is 5. The lowest BCUT2D eigenvalue weighted by Crippen LogP contribution is -2.06. The Bertz CT molecular complexity index is 794. The first-order valence-electron chi connectivity index (χ1n) is 6.78. The molecule has 0 saturated carbocycles. The Morgan fingerprint density at radius 3 is 2.76 bits per heavy atom. The van der Waals surface area contributed by atoms with E-state index >= 15 is 0 Å². The zero-order chi connectivity index (χ0) is 15.0. The van der Waals surface area contributed by atoms with Crippen LogP contribution in [0.25, 0.3) is 22.3 Å². The van der Waals surface area contributed by atoms with Crippen molar-refractivity contribution < 1.29 is 4.74 Å². The van der Waals surface area contributed by atoms with E-state index in [4.69, 9.17) is 10.5 Å². The molecule has 3 rings (SSSR count). The largest absolute Gasteiger partial charge is 0.491 e. The van der Waals surface area contributed by atoms with Gasteiger partial charge in [0.15, 0.2) is 5.65 Å². The van der Waals surface area contributed by atoms with E-state index in [2.05, 4.69) is 20.2 Å². The fourth-order valence-corrected chi connectivity index (χ4v) is 2.27. The standard InChI is InChI=1S/C15H17N5O/c1-8(2)21-11-5-4-10(6-9(11)3)13-12-14(16)17-7-18-15(12)20-19-13/h4-8H,1-3H3,(H3,16,17,18,19,20). The number of H-pyrrole nitrogens is 1. The molecular formula is C15H17N5O. The molecule has 3 N–H and O–H groups in total. The summed E-state index contributed by atoms with van der Waals surface area (Å²) in [6, 6.07) is 5.94. The fourth-order valence-electron chi connectivity index (χ4n) is 2.27. The lowest BCUT2D eigenvalue weighted by molar-refractivity contribution is 0.241. The molecule has 2 aromatic heterocycles. The van der Waals surface area contributed by atoms with Crippen molar-refractivity contribution in [3.8, 4) is 17.0 Å². The van der Waals surface area contributed by atoms with Crippen molar-refractivity contribution in [2.24, 2.45) is 0 Å². The van der Waals surface area contributed by atoms with Gasteiger partial charge in [0.25, 0.3) is 0 Å². The van der Waals surface area contributed by atoms with Gasteiger partial charge in [-0.05, 0) is 44.5 Å². The predicted molar refractivity (Wildman–Crippen MR) is 82.0 cm³/mol. The fraction of sp³-hybridized carbons (Fsp3) is 0.267. The summed E-state index contributed by atoms with van der Waals surface area (Å²) in [5.41, 5.74) is 9.33. The first-order chi connectivity index (χ1) is 10.1. The first kappa shape index (κ1) is 13.4. The number of nitrogens with one attached hydrogen (secondary N) is 1. The number of fused-ring (bicyclic) bond motifs is 1. The molecule has 0 aliphatic carbocycles. The highest BCUT2D eigenvalue weighted by Crippen LogP contribution is 2.31. The van der Waals surface area contributed by atoms with Crippen molar-refractivity contribution in [2.45, 2.75) is 26.9 Å². The van der Waals surface area contributed by atoms with Gasteiger partial charge in [-0.25, -0.2) is 9.97 Å². The summed E-state index contributed by atoms with van der Waals surface area (Å²) in [4.78, 5) is 8.16. The molecule has 1 aromatic carbocycles. The van der Waals surface area contributed by atoms with E-state index in [9.17, 15) is 0 Å². The topological polar surface area (TPSA) is 89.7 Å². The second-order valence-corrected chi connectivity index (χ2v) is 5.20. The lowest BCUT2D eigenvalue weighted by Gasteiger charge is -2.13. The van der Waals surface area contributed by atoms with E-state index in [-0.39, 0.29) is 6.10 Å². The third kappa shape index (κ3) is 2.40. The van der Waals surface area contributed by atoms with Crippen LogP contribution in [0, 0.1) is 6.92 Å². The molecule has 21 heavy (non-hydrogen) atoms. The quantitative estimate of drug-likeness (QED) is 0.771. The average Bonchev–Trinajstić information content (AvgIpc) is 2.86. The summed E-state index contributed by atoms with van der Waals surface area (Å²) in [5.74, 6) is 1.29. The minimum atomic E-state index is 0.143. The summed E-state index contributed by atoms with van der Waals surface area (Å²) in [7, 11) is 0. The lowest BCUT2D eigenvalue weighted by atomic mass is 10.1. The maximum absolute atomic E-state index is 5.94. The van der Waals surface area contributed by atoms with E-state index in [1.807, 2.05) is 39.0 Å². The molecule has 0 saturated heterocycles. The number of aromatic nitrogens is 4. The van der Waals surface area contributed by atoms with Gasteiger partial charge in [-0.3, -0.25) is 5.10 Å². The Labute approximate surface area is 122 Å². The van der Waals surface area contributed by atoms with Crippen LogP contribution in [-0.2, 0) is 0 Å². The summed E-state index contributed by atoms with van der Waals surface area (Å²) in [5, 5.41) is 7.94. The third-order valence-electron chi connectivity index (χ3n) is 3.20. The van der Waals surface area contributed by atoms with E-state index in [0.29, 0.717) is 11.5 Å². The summed E-state index contributed by atoms with van der Waals surface area (Å²) in [6.45, 7) is 6.02. The van der Waals surface area contributed by atoms with E-state index < -0.39 is 0 Å². The number of hydrogen-bond donors (Lipinski definition) is 2. The van der Waals surface area contributed by atoms with Gasteiger partial charge in [0.05, 0.1) is 11.5 Å². The van der Waals surface area contributed by atoms with E-state index in [1.54, 1.807) is 0 Å². The molecule has 0 spiro atoms. The Morgan fingerprint density at radius 1 is 1.24 bits per heavy atom. The Hall–Kier alpha value is -2.63. The van der Waals surface area contributed by atoms with Gasteiger partial charge in [-0.15, -0.1) is 0 Å². The highest BCUT2D eigenvalue weighted by Gasteiger charge is 2.14. The number of aryl methyl sites for hydroxylation is 1. The van der Waals surface area contributed by atoms with Crippen molar-refractivity contribution in [3.05, 3.63) is 30.1 Å². The van der Waals surface area contributed by atoms with Crippen LogP contribution >= 0.6 is 0 Å². The highest BCUT2D eigenvalue weighted by atomic mass is 16.5. The average molecular weight is 283 g/mol. The number of anilines is 1. The van der Waals surface area contributed by atoms with Gasteiger partial charge in [-0.1, -0.05) is 0 Å². The van der Waals surface area contributed by atoms with Crippen LogP contribution in [0.15, 0.2) is 24.5 Å². The molecule has 6 heteroatoms. The molecule has 0 aliphatic heterocycles. The summed E-state index contributed by atoms with van der Waals surface area (Å²) < 4.78 is 5.75. The molecule has 0 fully saturated rings. The molecule has 108 valence electrons. The van der Waals surface area contributed by atoms with Crippen LogP contribution in [0.4, 0.5) is 5.82 Å². The minimum Gasteiger partial charge on any atom is -0.491 e. The van der Waals surface area contributed by atoms with Gasteiger partial charge in [0.2, 0.25) is 0 Å². The molecule has 2 heterocycles. The van der Waals surface area contributed by atoms with Crippen LogP contribution in [0.2, 0.25) is 0 Å². The molecular weight excluding hydrogens is 266 g/mol. The van der Waals surface area contributed by atoms with Crippen LogP contribution in [0.1, 0.15) is 19.4 Å². The van der Waals surface area contributed by atoms with Crippen LogP contribution < -0.4 is 10.5 Å². The molecule has 0 atom stereocenters. The number of nitrogens with zero attached hydrogens (tertiary/aromatic N) is 3. The second-order valence-electron chi connectivity index (χ2n) is 5.20. The van der Waals surface area contributed by atoms with Crippen molar-refractivity contribution in [1.29, 1.82) is 0 Å². The molecule has 0 amide bonds. The number of nitrogen functional groups attached to an aromatic ring is 1. The smallest absolute Gasteiger partial charge is 0.161 e. The number of aromatic amines is 1. The van der Waals surface area contributed by atoms with Crippen molar-refractivity contribution in [1.82, 2.24) is 20.2 Å². The number of nitrogens with two attached hydrogens (primary N) is 1.